The predicted octanol–water partition coefficient (Wildman–Crippen LogP) is 1.56. The molecule has 2 aromatic rings. The van der Waals surface area contributed by atoms with Crippen molar-refractivity contribution in [1.82, 2.24) is 10.9 Å². The van der Waals surface area contributed by atoms with Crippen molar-refractivity contribution in [2.45, 2.75) is 19.4 Å². The molecule has 0 radical (unpaired) electrons. The molecule has 152 valence electrons. The van der Waals surface area contributed by atoms with Gasteiger partial charge in [-0.1, -0.05) is 24.3 Å². The van der Waals surface area contributed by atoms with E-state index in [4.69, 9.17) is 9.47 Å². The van der Waals surface area contributed by atoms with Crippen LogP contribution in [0.3, 0.4) is 0 Å². The van der Waals surface area contributed by atoms with E-state index < -0.39 is 23.7 Å². The second kappa shape index (κ2) is 9.05. The third-order valence-electron chi connectivity index (χ3n) is 4.21. The molecule has 2 aromatic carbocycles. The molecule has 3 amide bonds. The van der Waals surface area contributed by atoms with Crippen LogP contribution in [0.1, 0.15) is 13.3 Å². The first-order chi connectivity index (χ1) is 14.0. The fraction of sp³-hybridized carbons (Fsp3) is 0.250. The summed E-state index contributed by atoms with van der Waals surface area (Å²) in [6.45, 7) is 1.46. The van der Waals surface area contributed by atoms with E-state index in [-0.39, 0.29) is 31.2 Å². The van der Waals surface area contributed by atoms with Crippen LogP contribution < -0.4 is 25.2 Å². The molecule has 0 aromatic heterocycles. The normalized spacial score (nSPS) is 13.7. The fourth-order valence-corrected chi connectivity index (χ4v) is 2.69. The summed E-state index contributed by atoms with van der Waals surface area (Å²) in [5.41, 5.74) is 5.08. The van der Waals surface area contributed by atoms with Crippen LogP contribution in [-0.4, -0.2) is 37.0 Å². The van der Waals surface area contributed by atoms with Gasteiger partial charge >= 0.3 is 0 Å². The number of carbonyl (C=O) groups excluding carboxylic acids is 3. The number of hydrazine groups is 1. The Labute approximate surface area is 166 Å². The van der Waals surface area contributed by atoms with Gasteiger partial charge in [0.15, 0.2) is 24.3 Å². The fourth-order valence-electron chi connectivity index (χ4n) is 2.69. The van der Waals surface area contributed by atoms with Crippen LogP contribution in [0, 0.1) is 5.82 Å². The lowest BCUT2D eigenvalue weighted by molar-refractivity contribution is -0.132. The van der Waals surface area contributed by atoms with Gasteiger partial charge in [0.1, 0.15) is 5.75 Å². The van der Waals surface area contributed by atoms with Crippen molar-refractivity contribution >= 4 is 23.4 Å². The second-order valence-corrected chi connectivity index (χ2v) is 6.28. The lowest BCUT2D eigenvalue weighted by Gasteiger charge is -2.29. The van der Waals surface area contributed by atoms with Gasteiger partial charge in [-0.15, -0.1) is 0 Å². The molecule has 8 nitrogen and oxygen atoms in total. The maximum atomic E-state index is 13.6. The minimum Gasteiger partial charge on any atom is -0.482 e. The summed E-state index contributed by atoms with van der Waals surface area (Å²) in [7, 11) is 0. The zero-order chi connectivity index (χ0) is 20.8. The summed E-state index contributed by atoms with van der Waals surface area (Å²) in [5, 5.41) is 0. The monoisotopic (exact) mass is 401 g/mol. The molecule has 1 aliphatic rings. The van der Waals surface area contributed by atoms with Crippen LogP contribution in [0.4, 0.5) is 10.1 Å². The summed E-state index contributed by atoms with van der Waals surface area (Å²) in [4.78, 5) is 37.6. The van der Waals surface area contributed by atoms with Gasteiger partial charge in [0.2, 0.25) is 5.91 Å². The summed E-state index contributed by atoms with van der Waals surface area (Å²) >= 11 is 0. The standard InChI is InChI=1S/C20H20FN3O5/c1-13(29-16-8-4-2-6-14(16)21)20(27)23-22-18(25)10-11-24-15-7-3-5-9-17(15)28-12-19(24)26/h2-9,13H,10-12H2,1H3,(H,22,25)(H,23,27)/t13-/m1/s1. The Kier molecular flexibility index (Phi) is 6.28. The van der Waals surface area contributed by atoms with Crippen LogP contribution in [0.2, 0.25) is 0 Å². The zero-order valence-corrected chi connectivity index (χ0v) is 15.7. The van der Waals surface area contributed by atoms with E-state index in [1.165, 1.54) is 30.0 Å². The predicted molar refractivity (Wildman–Crippen MR) is 102 cm³/mol. The highest BCUT2D eigenvalue weighted by molar-refractivity contribution is 5.98. The summed E-state index contributed by atoms with van der Waals surface area (Å²) in [5.74, 6) is -1.48. The molecule has 1 atom stereocenters. The van der Waals surface area contributed by atoms with E-state index in [0.29, 0.717) is 11.4 Å². The van der Waals surface area contributed by atoms with Crippen molar-refractivity contribution in [1.29, 1.82) is 0 Å². The number of carbonyl (C=O) groups is 3. The Balaban J connectivity index is 1.47. The molecule has 1 aliphatic heterocycles. The first-order valence-corrected chi connectivity index (χ1v) is 8.98. The zero-order valence-electron chi connectivity index (χ0n) is 15.7. The number of nitrogens with one attached hydrogen (secondary N) is 2. The van der Waals surface area contributed by atoms with E-state index in [2.05, 4.69) is 10.9 Å². The maximum absolute atomic E-state index is 13.6. The van der Waals surface area contributed by atoms with Crippen molar-refractivity contribution in [3.05, 3.63) is 54.3 Å². The Bertz CT molecular complexity index is 920. The highest BCUT2D eigenvalue weighted by Gasteiger charge is 2.25. The van der Waals surface area contributed by atoms with Crippen LogP contribution in [0.25, 0.3) is 0 Å². The van der Waals surface area contributed by atoms with Gasteiger partial charge in [0.25, 0.3) is 11.8 Å². The number of anilines is 1. The Morgan fingerprint density at radius 2 is 1.90 bits per heavy atom. The first-order valence-electron chi connectivity index (χ1n) is 8.98. The average molecular weight is 401 g/mol. The average Bonchev–Trinajstić information content (AvgIpc) is 2.72. The minimum atomic E-state index is -1.03. The number of ether oxygens (including phenoxy) is 2. The molecular formula is C20H20FN3O5. The second-order valence-electron chi connectivity index (χ2n) is 6.28. The smallest absolute Gasteiger partial charge is 0.279 e. The summed E-state index contributed by atoms with van der Waals surface area (Å²) in [6.07, 6.45) is -1.07. The topological polar surface area (TPSA) is 97.0 Å². The number of nitrogens with zero attached hydrogens (tertiary/aromatic N) is 1. The SMILES string of the molecule is C[C@@H](Oc1ccccc1F)C(=O)NNC(=O)CCN1C(=O)COc2ccccc21. The number of rotatable bonds is 6. The number of fused-ring (bicyclic) bond motifs is 1. The Morgan fingerprint density at radius 1 is 1.17 bits per heavy atom. The minimum absolute atomic E-state index is 0.0388. The molecule has 29 heavy (non-hydrogen) atoms. The van der Waals surface area contributed by atoms with Gasteiger partial charge in [-0.05, 0) is 31.2 Å². The van der Waals surface area contributed by atoms with E-state index in [1.54, 1.807) is 30.3 Å². The molecule has 0 bridgehead atoms. The van der Waals surface area contributed by atoms with Gasteiger partial charge in [-0.2, -0.15) is 0 Å². The van der Waals surface area contributed by atoms with Gasteiger partial charge in [-0.25, -0.2) is 4.39 Å². The van der Waals surface area contributed by atoms with Gasteiger partial charge in [-0.3, -0.25) is 25.2 Å². The van der Waals surface area contributed by atoms with Crippen molar-refractivity contribution in [3.63, 3.8) is 0 Å². The van der Waals surface area contributed by atoms with Gasteiger partial charge < -0.3 is 14.4 Å². The molecular weight excluding hydrogens is 381 g/mol. The quantitative estimate of drug-likeness (QED) is 0.716. The molecule has 0 saturated heterocycles. The Morgan fingerprint density at radius 3 is 2.69 bits per heavy atom. The lowest BCUT2D eigenvalue weighted by atomic mass is 10.2. The van der Waals surface area contributed by atoms with Crippen LogP contribution in [0.15, 0.2) is 48.5 Å². The van der Waals surface area contributed by atoms with E-state index >= 15 is 0 Å². The van der Waals surface area contributed by atoms with Gasteiger partial charge in [0.05, 0.1) is 5.69 Å². The summed E-state index contributed by atoms with van der Waals surface area (Å²) in [6, 6.07) is 12.7. The van der Waals surface area contributed by atoms with Gasteiger partial charge in [0, 0.05) is 13.0 Å². The van der Waals surface area contributed by atoms with Crippen LogP contribution in [-0.2, 0) is 14.4 Å². The molecule has 2 N–H and O–H groups in total. The molecule has 9 heteroatoms. The van der Waals surface area contributed by atoms with Crippen LogP contribution >= 0.6 is 0 Å². The van der Waals surface area contributed by atoms with Crippen molar-refractivity contribution in [2.24, 2.45) is 0 Å². The number of hydrogen-bond acceptors (Lipinski definition) is 5. The molecule has 0 spiro atoms. The highest BCUT2D eigenvalue weighted by atomic mass is 19.1. The van der Waals surface area contributed by atoms with Crippen molar-refractivity contribution in [3.8, 4) is 11.5 Å². The largest absolute Gasteiger partial charge is 0.482 e. The molecule has 0 fully saturated rings. The number of para-hydroxylation sites is 3. The van der Waals surface area contributed by atoms with Crippen LogP contribution in [0.5, 0.6) is 11.5 Å². The van der Waals surface area contributed by atoms with E-state index in [9.17, 15) is 18.8 Å². The molecule has 1 heterocycles. The number of amides is 3. The molecule has 0 unspecified atom stereocenters. The third-order valence-corrected chi connectivity index (χ3v) is 4.21. The van der Waals surface area contributed by atoms with E-state index in [1.807, 2.05) is 0 Å². The van der Waals surface area contributed by atoms with E-state index in [0.717, 1.165) is 0 Å². The first kappa shape index (κ1) is 20.1. The summed E-state index contributed by atoms with van der Waals surface area (Å²) < 4.78 is 24.2. The Hall–Kier alpha value is -3.62. The third kappa shape index (κ3) is 5.01. The molecule has 0 saturated carbocycles. The van der Waals surface area contributed by atoms with Crippen molar-refractivity contribution in [2.75, 3.05) is 18.1 Å². The maximum Gasteiger partial charge on any atom is 0.279 e. The van der Waals surface area contributed by atoms with Crippen molar-refractivity contribution < 1.29 is 28.2 Å². The lowest BCUT2D eigenvalue weighted by Crippen LogP contribution is -2.48. The molecule has 3 rings (SSSR count). The number of hydrogen-bond donors (Lipinski definition) is 2. The number of halogens is 1. The molecule has 0 aliphatic carbocycles. The highest BCUT2D eigenvalue weighted by Crippen LogP contribution is 2.31. The number of benzene rings is 2.